The van der Waals surface area contributed by atoms with E-state index in [4.69, 9.17) is 0 Å². The average Bonchev–Trinajstić information content (AvgIpc) is 2.87. The van der Waals surface area contributed by atoms with Crippen molar-refractivity contribution in [2.75, 3.05) is 0 Å². The van der Waals surface area contributed by atoms with Gasteiger partial charge in [0, 0.05) is 5.56 Å². The van der Waals surface area contributed by atoms with E-state index < -0.39 is 11.6 Å². The van der Waals surface area contributed by atoms with Gasteiger partial charge in [-0.2, -0.15) is 0 Å². The summed E-state index contributed by atoms with van der Waals surface area (Å²) in [6.07, 6.45) is 0. The predicted octanol–water partition coefficient (Wildman–Crippen LogP) is 2.44. The third-order valence-electron chi connectivity index (χ3n) is 2.75. The van der Waals surface area contributed by atoms with Gasteiger partial charge in [-0.1, -0.05) is 18.3 Å². The fourth-order valence-electron chi connectivity index (χ4n) is 1.69. The monoisotopic (exact) mass is 295 g/mol. The largest absolute Gasteiger partial charge is 0.505 e. The second-order valence-electron chi connectivity index (χ2n) is 4.58. The maximum absolute atomic E-state index is 12.9. The average molecular weight is 295 g/mol. The molecule has 0 radical (unpaired) electrons. The molecule has 0 bridgehead atoms. The fourth-order valence-corrected chi connectivity index (χ4v) is 2.43. The summed E-state index contributed by atoms with van der Waals surface area (Å²) in [6.45, 7) is 4.31. The van der Waals surface area contributed by atoms with Crippen LogP contribution in [0.1, 0.15) is 40.7 Å². The van der Waals surface area contributed by atoms with Crippen LogP contribution in [-0.4, -0.2) is 20.6 Å². The molecule has 0 saturated heterocycles. The molecular weight excluding hydrogens is 281 g/mol. The Bertz CT molecular complexity index is 628. The second kappa shape index (κ2) is 5.96. The van der Waals surface area contributed by atoms with Crippen LogP contribution in [0.3, 0.4) is 0 Å². The topological polar surface area (TPSA) is 75.1 Å². The molecule has 0 unspecified atom stereocenters. The van der Waals surface area contributed by atoms with Crippen molar-refractivity contribution in [1.29, 1.82) is 0 Å². The highest BCUT2D eigenvalue weighted by atomic mass is 32.1. The third kappa shape index (κ3) is 3.11. The summed E-state index contributed by atoms with van der Waals surface area (Å²) in [5, 5.41) is 16.0. The normalized spacial score (nSPS) is 10.8. The van der Waals surface area contributed by atoms with Gasteiger partial charge in [-0.05, 0) is 35.6 Å². The van der Waals surface area contributed by atoms with Crippen molar-refractivity contribution in [3.05, 3.63) is 40.2 Å². The SMILES string of the molecule is CC(C)c1nnsc1CNC(=O)c1ccc(F)c(O)c1. The van der Waals surface area contributed by atoms with Gasteiger partial charge in [-0.3, -0.25) is 4.79 Å². The van der Waals surface area contributed by atoms with Gasteiger partial charge in [0.1, 0.15) is 0 Å². The molecule has 2 aromatic rings. The minimum atomic E-state index is -0.754. The maximum atomic E-state index is 12.9. The molecule has 7 heteroatoms. The molecule has 0 spiro atoms. The van der Waals surface area contributed by atoms with E-state index in [1.807, 2.05) is 13.8 Å². The fraction of sp³-hybridized carbons (Fsp3) is 0.308. The first-order valence-corrected chi connectivity index (χ1v) is 6.84. The Hall–Kier alpha value is -2.02. The van der Waals surface area contributed by atoms with E-state index in [1.54, 1.807) is 0 Å². The quantitative estimate of drug-likeness (QED) is 0.908. The van der Waals surface area contributed by atoms with Gasteiger partial charge in [0.2, 0.25) is 0 Å². The summed E-state index contributed by atoms with van der Waals surface area (Å²) in [4.78, 5) is 12.8. The van der Waals surface area contributed by atoms with Crippen LogP contribution < -0.4 is 5.32 Å². The van der Waals surface area contributed by atoms with Gasteiger partial charge in [0.25, 0.3) is 5.91 Å². The third-order valence-corrected chi connectivity index (χ3v) is 3.49. The van der Waals surface area contributed by atoms with Gasteiger partial charge in [-0.15, -0.1) is 5.10 Å². The lowest BCUT2D eigenvalue weighted by molar-refractivity contribution is 0.0950. The molecule has 0 saturated carbocycles. The van der Waals surface area contributed by atoms with Crippen molar-refractivity contribution >= 4 is 17.4 Å². The number of phenolic OH excluding ortho intramolecular Hbond substituents is 1. The highest BCUT2D eigenvalue weighted by Gasteiger charge is 2.14. The molecule has 1 heterocycles. The summed E-state index contributed by atoms with van der Waals surface area (Å²) >= 11 is 1.24. The second-order valence-corrected chi connectivity index (χ2v) is 5.42. The zero-order valence-corrected chi connectivity index (χ0v) is 11.9. The van der Waals surface area contributed by atoms with Crippen molar-refractivity contribution in [2.45, 2.75) is 26.3 Å². The summed E-state index contributed by atoms with van der Waals surface area (Å²) in [6, 6.07) is 3.47. The molecule has 1 aromatic heterocycles. The van der Waals surface area contributed by atoms with Gasteiger partial charge < -0.3 is 10.4 Å². The van der Waals surface area contributed by atoms with E-state index in [0.717, 1.165) is 22.7 Å². The van der Waals surface area contributed by atoms with E-state index in [-0.39, 0.29) is 17.4 Å². The number of nitrogens with zero attached hydrogens (tertiary/aromatic N) is 2. The molecule has 0 aliphatic heterocycles. The van der Waals surface area contributed by atoms with Crippen LogP contribution in [0.25, 0.3) is 0 Å². The first-order chi connectivity index (χ1) is 9.49. The molecule has 2 rings (SSSR count). The van der Waals surface area contributed by atoms with E-state index in [1.165, 1.54) is 17.6 Å². The van der Waals surface area contributed by atoms with E-state index in [2.05, 4.69) is 14.9 Å². The van der Waals surface area contributed by atoms with Crippen LogP contribution in [0.5, 0.6) is 5.75 Å². The number of hydrogen-bond acceptors (Lipinski definition) is 5. The Kier molecular flexibility index (Phi) is 4.29. The van der Waals surface area contributed by atoms with Crippen molar-refractivity contribution in [3.63, 3.8) is 0 Å². The Morgan fingerprint density at radius 1 is 1.50 bits per heavy atom. The Morgan fingerprint density at radius 2 is 2.25 bits per heavy atom. The Labute approximate surface area is 119 Å². The standard InChI is InChI=1S/C13H14FN3O2S/c1-7(2)12-11(20-17-16-12)6-15-13(19)8-3-4-9(14)10(18)5-8/h3-5,7,18H,6H2,1-2H3,(H,15,19). The minimum Gasteiger partial charge on any atom is -0.505 e. The summed E-state index contributed by atoms with van der Waals surface area (Å²) in [5.41, 5.74) is 1.06. The smallest absolute Gasteiger partial charge is 0.251 e. The predicted molar refractivity (Wildman–Crippen MR) is 73.2 cm³/mol. The number of nitrogens with one attached hydrogen (secondary N) is 1. The molecule has 5 nitrogen and oxygen atoms in total. The number of carbonyl (C=O) groups excluding carboxylic acids is 1. The van der Waals surface area contributed by atoms with Crippen LogP contribution in [0.4, 0.5) is 4.39 Å². The number of rotatable bonds is 4. The summed E-state index contributed by atoms with van der Waals surface area (Å²) in [7, 11) is 0. The van der Waals surface area contributed by atoms with Crippen molar-refractivity contribution in [2.24, 2.45) is 0 Å². The molecule has 0 aliphatic carbocycles. The molecule has 0 atom stereocenters. The lowest BCUT2D eigenvalue weighted by Gasteiger charge is -2.07. The molecule has 1 amide bonds. The lowest BCUT2D eigenvalue weighted by Crippen LogP contribution is -2.23. The van der Waals surface area contributed by atoms with Crippen molar-refractivity contribution in [1.82, 2.24) is 14.9 Å². The molecule has 20 heavy (non-hydrogen) atoms. The molecule has 0 fully saturated rings. The summed E-state index contributed by atoms with van der Waals surface area (Å²) < 4.78 is 16.8. The van der Waals surface area contributed by atoms with Gasteiger partial charge in [0.15, 0.2) is 11.6 Å². The molecule has 0 aliphatic rings. The molecule has 2 N–H and O–H groups in total. The van der Waals surface area contributed by atoms with E-state index in [9.17, 15) is 14.3 Å². The maximum Gasteiger partial charge on any atom is 0.251 e. The Morgan fingerprint density at radius 3 is 2.90 bits per heavy atom. The number of carbonyl (C=O) groups is 1. The zero-order valence-electron chi connectivity index (χ0n) is 11.1. The number of aromatic hydroxyl groups is 1. The highest BCUT2D eigenvalue weighted by molar-refractivity contribution is 7.05. The van der Waals surface area contributed by atoms with Crippen molar-refractivity contribution < 1.29 is 14.3 Å². The van der Waals surface area contributed by atoms with E-state index in [0.29, 0.717) is 6.54 Å². The first-order valence-electron chi connectivity index (χ1n) is 6.07. The van der Waals surface area contributed by atoms with Crippen molar-refractivity contribution in [3.8, 4) is 5.75 Å². The summed E-state index contributed by atoms with van der Waals surface area (Å²) in [5.74, 6) is -1.45. The van der Waals surface area contributed by atoms with Crippen LogP contribution >= 0.6 is 11.5 Å². The van der Waals surface area contributed by atoms with Gasteiger partial charge >= 0.3 is 0 Å². The number of benzene rings is 1. The van der Waals surface area contributed by atoms with E-state index >= 15 is 0 Å². The number of halogens is 1. The minimum absolute atomic E-state index is 0.201. The van der Waals surface area contributed by atoms with Crippen LogP contribution in [0, 0.1) is 5.82 Å². The highest BCUT2D eigenvalue weighted by Crippen LogP contribution is 2.20. The number of amides is 1. The van der Waals surface area contributed by atoms with Gasteiger partial charge in [0.05, 0.1) is 17.1 Å². The Balaban J connectivity index is 2.05. The lowest BCUT2D eigenvalue weighted by atomic mass is 10.1. The number of phenols is 1. The van der Waals surface area contributed by atoms with Crippen LogP contribution in [0.2, 0.25) is 0 Å². The molecular formula is C13H14FN3O2S. The molecule has 106 valence electrons. The van der Waals surface area contributed by atoms with Crippen LogP contribution in [0.15, 0.2) is 18.2 Å². The number of aromatic nitrogens is 2. The zero-order chi connectivity index (χ0) is 14.7. The van der Waals surface area contributed by atoms with Crippen LogP contribution in [-0.2, 0) is 6.54 Å². The first kappa shape index (κ1) is 14.4. The number of hydrogen-bond donors (Lipinski definition) is 2. The van der Waals surface area contributed by atoms with Gasteiger partial charge in [-0.25, -0.2) is 4.39 Å². The molecule has 1 aromatic carbocycles.